The van der Waals surface area contributed by atoms with Gasteiger partial charge in [-0.2, -0.15) is 0 Å². The Morgan fingerprint density at radius 1 is 1.21 bits per heavy atom. The van der Waals surface area contributed by atoms with E-state index in [-0.39, 0.29) is 18.6 Å². The van der Waals surface area contributed by atoms with Crippen LogP contribution in [-0.2, 0) is 9.53 Å². The van der Waals surface area contributed by atoms with E-state index >= 15 is 0 Å². The molecule has 156 valence electrons. The first-order valence-electron chi connectivity index (χ1n) is 9.41. The van der Waals surface area contributed by atoms with Gasteiger partial charge in [-0.3, -0.25) is 9.79 Å². The summed E-state index contributed by atoms with van der Waals surface area (Å²) in [5, 5.41) is 6.38. The van der Waals surface area contributed by atoms with Gasteiger partial charge in [0.1, 0.15) is 23.6 Å². The number of guanidine groups is 1. The van der Waals surface area contributed by atoms with Crippen molar-refractivity contribution in [3.8, 4) is 11.5 Å². The van der Waals surface area contributed by atoms with Crippen LogP contribution in [0.3, 0.4) is 0 Å². The third kappa shape index (κ3) is 6.51. The van der Waals surface area contributed by atoms with Crippen LogP contribution in [0, 0.1) is 0 Å². The van der Waals surface area contributed by atoms with Crippen molar-refractivity contribution in [1.82, 2.24) is 10.6 Å². The number of anilines is 1. The lowest BCUT2D eigenvalue weighted by Crippen LogP contribution is -2.46. The summed E-state index contributed by atoms with van der Waals surface area (Å²) in [5.74, 6) is 1.80. The number of benzene rings is 1. The number of hydrogen-bond donors (Lipinski definition) is 2. The highest BCUT2D eigenvalue weighted by molar-refractivity contribution is 5.84. The molecule has 8 heteroatoms. The zero-order chi connectivity index (χ0) is 20.7. The number of rotatable bonds is 6. The van der Waals surface area contributed by atoms with Gasteiger partial charge in [-0.15, -0.1) is 0 Å². The van der Waals surface area contributed by atoms with Crippen molar-refractivity contribution in [2.75, 3.05) is 45.8 Å². The van der Waals surface area contributed by atoms with Crippen molar-refractivity contribution in [2.24, 2.45) is 4.99 Å². The molecular weight excluding hydrogens is 360 g/mol. The Balaban J connectivity index is 1.90. The van der Waals surface area contributed by atoms with Crippen molar-refractivity contribution < 1.29 is 19.0 Å². The summed E-state index contributed by atoms with van der Waals surface area (Å²) in [7, 11) is 4.98. The van der Waals surface area contributed by atoms with Gasteiger partial charge in [-0.05, 0) is 27.2 Å². The Morgan fingerprint density at radius 2 is 1.86 bits per heavy atom. The summed E-state index contributed by atoms with van der Waals surface area (Å²) in [5.41, 5.74) is 0.552. The van der Waals surface area contributed by atoms with Gasteiger partial charge in [0.15, 0.2) is 5.96 Å². The van der Waals surface area contributed by atoms with Crippen LogP contribution >= 0.6 is 0 Å². The van der Waals surface area contributed by atoms with Gasteiger partial charge in [-0.25, -0.2) is 0 Å². The van der Waals surface area contributed by atoms with Gasteiger partial charge in [0.25, 0.3) is 0 Å². The molecule has 0 amide bonds. The second-order valence-electron chi connectivity index (χ2n) is 7.66. The molecule has 2 rings (SSSR count). The van der Waals surface area contributed by atoms with E-state index in [1.165, 1.54) is 0 Å². The van der Waals surface area contributed by atoms with E-state index in [0.717, 1.165) is 36.7 Å². The standard InChI is InChI=1S/C20H32N4O4/c1-20(2,3)28-18(25)12-22-19(21-4)23-14-7-8-24(13-14)15-9-16(26-5)11-17(10-15)27-6/h9-11,14H,7-8,12-13H2,1-6H3,(H2,21,22,23). The van der Waals surface area contributed by atoms with Crippen molar-refractivity contribution >= 4 is 17.6 Å². The lowest BCUT2D eigenvalue weighted by molar-refractivity contribution is -0.153. The third-order valence-corrected chi connectivity index (χ3v) is 4.27. The highest BCUT2D eigenvalue weighted by Gasteiger charge is 2.25. The third-order valence-electron chi connectivity index (χ3n) is 4.27. The number of carbonyl (C=O) groups excluding carboxylic acids is 1. The van der Waals surface area contributed by atoms with Crippen LogP contribution in [-0.4, -0.2) is 64.5 Å². The predicted molar refractivity (Wildman–Crippen MR) is 111 cm³/mol. The number of carbonyl (C=O) groups is 1. The Bertz CT molecular complexity index is 678. The molecule has 1 aliphatic rings. The summed E-state index contributed by atoms with van der Waals surface area (Å²) < 4.78 is 16.0. The molecule has 1 heterocycles. The van der Waals surface area contributed by atoms with Crippen molar-refractivity contribution in [3.63, 3.8) is 0 Å². The molecule has 1 aromatic carbocycles. The van der Waals surface area contributed by atoms with Crippen LogP contribution in [0.15, 0.2) is 23.2 Å². The Labute approximate surface area is 167 Å². The van der Waals surface area contributed by atoms with Crippen molar-refractivity contribution in [2.45, 2.75) is 38.8 Å². The quantitative estimate of drug-likeness (QED) is 0.434. The summed E-state index contributed by atoms with van der Waals surface area (Å²) in [6, 6.07) is 6.07. The summed E-state index contributed by atoms with van der Waals surface area (Å²) in [4.78, 5) is 18.3. The number of aliphatic imine (C=N–C) groups is 1. The minimum atomic E-state index is -0.501. The lowest BCUT2D eigenvalue weighted by atomic mass is 10.2. The average Bonchev–Trinajstić information content (AvgIpc) is 3.11. The number of nitrogens with one attached hydrogen (secondary N) is 2. The second-order valence-corrected chi connectivity index (χ2v) is 7.66. The maximum Gasteiger partial charge on any atom is 0.325 e. The number of nitrogens with zero attached hydrogens (tertiary/aromatic N) is 2. The molecule has 8 nitrogen and oxygen atoms in total. The average molecular weight is 393 g/mol. The number of ether oxygens (including phenoxy) is 3. The molecule has 1 aliphatic heterocycles. The van der Waals surface area contributed by atoms with E-state index in [1.54, 1.807) is 21.3 Å². The fourth-order valence-corrected chi connectivity index (χ4v) is 3.01. The summed E-state index contributed by atoms with van der Waals surface area (Å²) in [6.07, 6.45) is 0.951. The van der Waals surface area contributed by atoms with Gasteiger partial charge in [0.05, 0.1) is 14.2 Å². The molecule has 0 aliphatic carbocycles. The number of hydrogen-bond acceptors (Lipinski definition) is 6. The highest BCUT2D eigenvalue weighted by atomic mass is 16.6. The predicted octanol–water partition coefficient (Wildman–Crippen LogP) is 1.79. The van der Waals surface area contributed by atoms with E-state index in [0.29, 0.717) is 5.96 Å². The second kappa shape index (κ2) is 9.52. The van der Waals surface area contributed by atoms with Crippen LogP contribution in [0.4, 0.5) is 5.69 Å². The first kappa shape index (κ1) is 21.7. The van der Waals surface area contributed by atoms with Gasteiger partial charge < -0.3 is 29.7 Å². The fourth-order valence-electron chi connectivity index (χ4n) is 3.01. The first-order chi connectivity index (χ1) is 13.2. The maximum atomic E-state index is 11.9. The molecule has 1 aromatic rings. The van der Waals surface area contributed by atoms with Gasteiger partial charge in [0.2, 0.25) is 0 Å². The molecule has 0 spiro atoms. The molecule has 1 saturated heterocycles. The molecule has 0 aromatic heterocycles. The molecule has 1 unspecified atom stereocenters. The molecule has 28 heavy (non-hydrogen) atoms. The molecule has 2 N–H and O–H groups in total. The minimum Gasteiger partial charge on any atom is -0.497 e. The number of methoxy groups -OCH3 is 2. The van der Waals surface area contributed by atoms with Crippen LogP contribution < -0.4 is 25.0 Å². The van der Waals surface area contributed by atoms with Crippen LogP contribution in [0.5, 0.6) is 11.5 Å². The van der Waals surface area contributed by atoms with E-state index in [9.17, 15) is 4.79 Å². The minimum absolute atomic E-state index is 0.0699. The van der Waals surface area contributed by atoms with E-state index in [4.69, 9.17) is 14.2 Å². The lowest BCUT2D eigenvalue weighted by Gasteiger charge is -2.22. The summed E-state index contributed by atoms with van der Waals surface area (Å²) >= 11 is 0. The van der Waals surface area contributed by atoms with Gasteiger partial charge in [0, 0.05) is 50.1 Å². The Kier molecular flexibility index (Phi) is 7.37. The first-order valence-corrected chi connectivity index (χ1v) is 9.41. The molecule has 1 fully saturated rings. The number of esters is 1. The topological polar surface area (TPSA) is 84.4 Å². The largest absolute Gasteiger partial charge is 0.497 e. The van der Waals surface area contributed by atoms with E-state index in [1.807, 2.05) is 39.0 Å². The molecule has 0 radical (unpaired) electrons. The zero-order valence-electron chi connectivity index (χ0n) is 17.7. The summed E-state index contributed by atoms with van der Waals surface area (Å²) in [6.45, 7) is 7.32. The zero-order valence-corrected chi connectivity index (χ0v) is 17.7. The highest BCUT2D eigenvalue weighted by Crippen LogP contribution is 2.30. The van der Waals surface area contributed by atoms with Crippen molar-refractivity contribution in [3.05, 3.63) is 18.2 Å². The van der Waals surface area contributed by atoms with Gasteiger partial charge >= 0.3 is 5.97 Å². The SMILES string of the molecule is CN=C(NCC(=O)OC(C)(C)C)NC1CCN(c2cc(OC)cc(OC)c2)C1. The van der Waals surface area contributed by atoms with E-state index in [2.05, 4.69) is 20.5 Å². The molecule has 0 bridgehead atoms. The van der Waals surface area contributed by atoms with Crippen LogP contribution in [0.25, 0.3) is 0 Å². The normalized spacial score (nSPS) is 17.3. The van der Waals surface area contributed by atoms with Crippen LogP contribution in [0.2, 0.25) is 0 Å². The molecular formula is C20H32N4O4. The van der Waals surface area contributed by atoms with Crippen LogP contribution in [0.1, 0.15) is 27.2 Å². The van der Waals surface area contributed by atoms with E-state index < -0.39 is 5.60 Å². The van der Waals surface area contributed by atoms with Crippen molar-refractivity contribution in [1.29, 1.82) is 0 Å². The maximum absolute atomic E-state index is 11.9. The monoisotopic (exact) mass is 392 g/mol. The van der Waals surface area contributed by atoms with Gasteiger partial charge in [-0.1, -0.05) is 0 Å². The molecule has 0 saturated carbocycles. The Morgan fingerprint density at radius 3 is 2.39 bits per heavy atom. The Hall–Kier alpha value is -2.64. The smallest absolute Gasteiger partial charge is 0.325 e. The fraction of sp³-hybridized carbons (Fsp3) is 0.600. The molecule has 1 atom stereocenters.